The Hall–Kier alpha value is -2.94. The number of fused-ring (bicyclic) bond motifs is 1. The van der Waals surface area contributed by atoms with Gasteiger partial charge in [-0.3, -0.25) is 18.7 Å². The standard InChI is InChI=1S/C23H27N5O3S/c1-15-10-6-7-11-16(15)19-24-20-18(22(30)27(3)23(31)26(20)2)21(25-19)32-14-17(29)28-12-8-4-5-9-13-28/h6-7,10-11H,4-5,8-9,12-14H2,1-3H3. The zero-order valence-corrected chi connectivity index (χ0v) is 19.4. The second-order valence-corrected chi connectivity index (χ2v) is 9.12. The number of carbonyl (C=O) groups excluding carboxylic acids is 1. The van der Waals surface area contributed by atoms with Crippen molar-refractivity contribution in [1.82, 2.24) is 24.0 Å². The van der Waals surface area contributed by atoms with Gasteiger partial charge in [-0.05, 0) is 25.3 Å². The Morgan fingerprint density at radius 3 is 2.38 bits per heavy atom. The molecule has 1 aliphatic heterocycles. The average Bonchev–Trinajstić information content (AvgIpc) is 3.09. The SMILES string of the molecule is Cc1ccccc1-c1nc(SCC(=O)N2CCCCCC2)c2c(=O)n(C)c(=O)n(C)c2n1. The topological polar surface area (TPSA) is 90.1 Å². The van der Waals surface area contributed by atoms with E-state index in [1.165, 1.54) is 23.4 Å². The number of nitrogens with zero attached hydrogens (tertiary/aromatic N) is 5. The van der Waals surface area contributed by atoms with Gasteiger partial charge in [-0.25, -0.2) is 14.8 Å². The van der Waals surface area contributed by atoms with E-state index in [0.29, 0.717) is 10.9 Å². The minimum atomic E-state index is -0.454. The molecule has 32 heavy (non-hydrogen) atoms. The quantitative estimate of drug-likeness (QED) is 0.445. The Labute approximate surface area is 190 Å². The lowest BCUT2D eigenvalue weighted by atomic mass is 10.1. The van der Waals surface area contributed by atoms with Crippen LogP contribution in [0.5, 0.6) is 0 Å². The van der Waals surface area contributed by atoms with Crippen LogP contribution >= 0.6 is 11.8 Å². The number of benzene rings is 1. The first kappa shape index (κ1) is 22.3. The van der Waals surface area contributed by atoms with E-state index in [0.717, 1.165) is 54.5 Å². The van der Waals surface area contributed by atoms with Gasteiger partial charge in [0.05, 0.1) is 5.75 Å². The fourth-order valence-corrected chi connectivity index (χ4v) is 4.94. The molecule has 3 heterocycles. The lowest BCUT2D eigenvalue weighted by Crippen LogP contribution is -2.38. The van der Waals surface area contributed by atoms with E-state index in [9.17, 15) is 14.4 Å². The van der Waals surface area contributed by atoms with Crippen LogP contribution in [0.25, 0.3) is 22.4 Å². The molecule has 1 aliphatic rings. The summed E-state index contributed by atoms with van der Waals surface area (Å²) in [6.07, 6.45) is 4.34. The van der Waals surface area contributed by atoms with Crippen molar-refractivity contribution in [2.75, 3.05) is 18.8 Å². The summed E-state index contributed by atoms with van der Waals surface area (Å²) in [7, 11) is 3.03. The normalized spacial score (nSPS) is 14.5. The smallest absolute Gasteiger partial charge is 0.332 e. The minimum Gasteiger partial charge on any atom is -0.342 e. The molecule has 1 aromatic carbocycles. The van der Waals surface area contributed by atoms with Crippen molar-refractivity contribution in [3.63, 3.8) is 0 Å². The second kappa shape index (κ2) is 9.28. The van der Waals surface area contributed by atoms with Gasteiger partial charge < -0.3 is 4.90 Å². The molecule has 0 radical (unpaired) electrons. The fraction of sp³-hybridized carbons (Fsp3) is 0.435. The lowest BCUT2D eigenvalue weighted by molar-refractivity contribution is -0.128. The molecule has 2 aromatic heterocycles. The molecule has 0 unspecified atom stereocenters. The maximum atomic E-state index is 13.0. The van der Waals surface area contributed by atoms with Gasteiger partial charge in [-0.2, -0.15) is 0 Å². The van der Waals surface area contributed by atoms with Crippen LogP contribution in [0.15, 0.2) is 38.9 Å². The number of aryl methyl sites for hydroxylation is 2. The van der Waals surface area contributed by atoms with E-state index in [1.807, 2.05) is 36.1 Å². The zero-order valence-electron chi connectivity index (χ0n) is 18.6. The fourth-order valence-electron chi connectivity index (χ4n) is 4.02. The van der Waals surface area contributed by atoms with Crippen LogP contribution in [0.2, 0.25) is 0 Å². The number of hydrogen-bond donors (Lipinski definition) is 0. The van der Waals surface area contributed by atoms with Gasteiger partial charge in [0.2, 0.25) is 5.91 Å². The number of amides is 1. The van der Waals surface area contributed by atoms with Crippen molar-refractivity contribution in [2.45, 2.75) is 37.6 Å². The Morgan fingerprint density at radius 1 is 1.00 bits per heavy atom. The molecule has 0 N–H and O–H groups in total. The third-order valence-electron chi connectivity index (χ3n) is 5.94. The summed E-state index contributed by atoms with van der Waals surface area (Å²) in [6.45, 7) is 3.50. The molecular formula is C23H27N5O3S. The summed E-state index contributed by atoms with van der Waals surface area (Å²) >= 11 is 1.24. The highest BCUT2D eigenvalue weighted by Gasteiger charge is 2.21. The summed E-state index contributed by atoms with van der Waals surface area (Å²) in [6, 6.07) is 7.70. The van der Waals surface area contributed by atoms with Crippen molar-refractivity contribution in [1.29, 1.82) is 0 Å². The number of likely N-dealkylation sites (tertiary alicyclic amines) is 1. The summed E-state index contributed by atoms with van der Waals surface area (Å²) in [4.78, 5) is 49.6. The Balaban J connectivity index is 1.80. The molecule has 3 aromatic rings. The number of rotatable bonds is 4. The highest BCUT2D eigenvalue weighted by Crippen LogP contribution is 2.28. The number of hydrogen-bond acceptors (Lipinski definition) is 6. The van der Waals surface area contributed by atoms with Crippen molar-refractivity contribution >= 4 is 28.7 Å². The molecule has 1 fully saturated rings. The second-order valence-electron chi connectivity index (χ2n) is 8.16. The molecule has 0 bridgehead atoms. The van der Waals surface area contributed by atoms with Crippen molar-refractivity contribution in [3.8, 4) is 11.4 Å². The van der Waals surface area contributed by atoms with Crippen LogP contribution in [0, 0.1) is 6.92 Å². The van der Waals surface area contributed by atoms with Gasteiger partial charge >= 0.3 is 5.69 Å². The maximum absolute atomic E-state index is 13.0. The van der Waals surface area contributed by atoms with Crippen molar-refractivity contribution < 1.29 is 4.79 Å². The molecule has 0 spiro atoms. The van der Waals surface area contributed by atoms with Crippen molar-refractivity contribution in [3.05, 3.63) is 50.7 Å². The molecule has 4 rings (SSSR count). The van der Waals surface area contributed by atoms with E-state index in [2.05, 4.69) is 4.98 Å². The molecule has 0 aliphatic carbocycles. The van der Waals surface area contributed by atoms with Gasteiger partial charge in [-0.1, -0.05) is 48.9 Å². The molecule has 1 saturated heterocycles. The Morgan fingerprint density at radius 2 is 1.69 bits per heavy atom. The highest BCUT2D eigenvalue weighted by atomic mass is 32.2. The first-order valence-corrected chi connectivity index (χ1v) is 11.8. The molecule has 1 amide bonds. The van der Waals surface area contributed by atoms with Gasteiger partial charge in [0, 0.05) is 32.7 Å². The summed E-state index contributed by atoms with van der Waals surface area (Å²) in [5, 5.41) is 0.688. The largest absolute Gasteiger partial charge is 0.342 e. The van der Waals surface area contributed by atoms with Crippen LogP contribution in [-0.4, -0.2) is 48.8 Å². The van der Waals surface area contributed by atoms with Crippen LogP contribution in [0.1, 0.15) is 31.2 Å². The predicted molar refractivity (Wildman–Crippen MR) is 126 cm³/mol. The highest BCUT2D eigenvalue weighted by molar-refractivity contribution is 8.00. The van der Waals surface area contributed by atoms with E-state index < -0.39 is 11.2 Å². The first-order valence-electron chi connectivity index (χ1n) is 10.8. The molecule has 8 nitrogen and oxygen atoms in total. The number of thioether (sulfide) groups is 1. The first-order chi connectivity index (χ1) is 15.4. The van der Waals surface area contributed by atoms with E-state index >= 15 is 0 Å². The molecule has 0 saturated carbocycles. The van der Waals surface area contributed by atoms with Crippen LogP contribution in [0.4, 0.5) is 0 Å². The summed E-state index contributed by atoms with van der Waals surface area (Å²) in [5.41, 5.74) is 1.18. The van der Waals surface area contributed by atoms with E-state index in [-0.39, 0.29) is 22.7 Å². The Bertz CT molecular complexity index is 1290. The third-order valence-corrected chi connectivity index (χ3v) is 6.90. The number of aromatic nitrogens is 4. The van der Waals surface area contributed by atoms with Gasteiger partial charge in [-0.15, -0.1) is 0 Å². The third kappa shape index (κ3) is 4.21. The molecule has 0 atom stereocenters. The van der Waals surface area contributed by atoms with E-state index in [4.69, 9.17) is 4.98 Å². The van der Waals surface area contributed by atoms with Gasteiger partial charge in [0.15, 0.2) is 11.5 Å². The maximum Gasteiger partial charge on any atom is 0.332 e. The van der Waals surface area contributed by atoms with Crippen LogP contribution in [0.3, 0.4) is 0 Å². The molecule has 9 heteroatoms. The average molecular weight is 454 g/mol. The van der Waals surface area contributed by atoms with Crippen LogP contribution < -0.4 is 11.2 Å². The Kier molecular flexibility index (Phi) is 6.45. The van der Waals surface area contributed by atoms with Gasteiger partial charge in [0.1, 0.15) is 10.4 Å². The lowest BCUT2D eigenvalue weighted by Gasteiger charge is -2.20. The molecule has 168 valence electrons. The predicted octanol–water partition coefficient (Wildman–Crippen LogP) is 2.50. The minimum absolute atomic E-state index is 0.0442. The zero-order chi connectivity index (χ0) is 22.8. The number of carbonyl (C=O) groups is 1. The van der Waals surface area contributed by atoms with Crippen LogP contribution in [-0.2, 0) is 18.9 Å². The monoisotopic (exact) mass is 453 g/mol. The van der Waals surface area contributed by atoms with Gasteiger partial charge in [0.25, 0.3) is 5.56 Å². The summed E-state index contributed by atoms with van der Waals surface area (Å²) in [5.74, 6) is 0.664. The summed E-state index contributed by atoms with van der Waals surface area (Å²) < 4.78 is 2.42. The van der Waals surface area contributed by atoms with Crippen molar-refractivity contribution in [2.24, 2.45) is 14.1 Å². The molecular weight excluding hydrogens is 426 g/mol. The van der Waals surface area contributed by atoms with E-state index in [1.54, 1.807) is 7.05 Å².